The SMILES string of the molecule is C.C=C(N)c1cccc(C(C)=O)c1.CC/C(C)=C/CC(NC(=O)C(C)(C)Oc1ccc(Cl)cc1Cl)C1CCC1. The zero-order valence-electron chi connectivity index (χ0n) is 23.1. The number of ketones is 1. The van der Waals surface area contributed by atoms with E-state index in [1.54, 1.807) is 50.2 Å². The van der Waals surface area contributed by atoms with Crippen LogP contribution in [0.5, 0.6) is 5.75 Å². The average Bonchev–Trinajstić information content (AvgIpc) is 2.83. The van der Waals surface area contributed by atoms with Crippen LogP contribution in [0.1, 0.15) is 90.1 Å². The van der Waals surface area contributed by atoms with Gasteiger partial charge < -0.3 is 15.8 Å². The number of nitrogens with one attached hydrogen (secondary N) is 1. The molecule has 1 atom stereocenters. The van der Waals surface area contributed by atoms with Gasteiger partial charge in [0.05, 0.1) is 5.02 Å². The second-order valence-corrected chi connectivity index (χ2v) is 11.1. The van der Waals surface area contributed by atoms with Gasteiger partial charge in [0.1, 0.15) is 5.75 Å². The third-order valence-corrected chi connectivity index (χ3v) is 7.29. The molecular weight excluding hydrogens is 531 g/mol. The van der Waals surface area contributed by atoms with Crippen LogP contribution in [0.3, 0.4) is 0 Å². The highest BCUT2D eigenvalue weighted by atomic mass is 35.5. The van der Waals surface area contributed by atoms with Crippen molar-refractivity contribution in [2.45, 2.75) is 85.8 Å². The predicted molar refractivity (Wildman–Crippen MR) is 166 cm³/mol. The molecule has 3 N–H and O–H groups in total. The lowest BCUT2D eigenvalue weighted by Crippen LogP contribution is -2.52. The Morgan fingerprint density at radius 3 is 2.31 bits per heavy atom. The lowest BCUT2D eigenvalue weighted by atomic mass is 9.78. The number of halogens is 2. The van der Waals surface area contributed by atoms with Crippen LogP contribution in [0.4, 0.5) is 0 Å². The Hall–Kier alpha value is -2.76. The number of amides is 1. The van der Waals surface area contributed by atoms with E-state index in [2.05, 4.69) is 31.8 Å². The van der Waals surface area contributed by atoms with Gasteiger partial charge in [0, 0.05) is 22.3 Å². The number of carbonyl (C=O) groups excluding carboxylic acids is 2. The van der Waals surface area contributed by atoms with E-state index in [0.29, 0.717) is 33.0 Å². The van der Waals surface area contributed by atoms with Gasteiger partial charge >= 0.3 is 0 Å². The predicted octanol–water partition coefficient (Wildman–Crippen LogP) is 8.64. The highest BCUT2D eigenvalue weighted by Crippen LogP contribution is 2.33. The summed E-state index contributed by atoms with van der Waals surface area (Å²) in [5.74, 6) is 0.925. The Morgan fingerprint density at radius 1 is 1.15 bits per heavy atom. The van der Waals surface area contributed by atoms with E-state index in [0.717, 1.165) is 18.4 Å². The molecule has 5 nitrogen and oxygen atoms in total. The first-order valence-corrected chi connectivity index (χ1v) is 13.8. The molecule has 0 saturated heterocycles. The molecule has 39 heavy (non-hydrogen) atoms. The molecule has 0 spiro atoms. The van der Waals surface area contributed by atoms with Crippen molar-refractivity contribution in [1.82, 2.24) is 5.32 Å². The van der Waals surface area contributed by atoms with E-state index in [4.69, 9.17) is 33.7 Å². The highest BCUT2D eigenvalue weighted by Gasteiger charge is 2.35. The lowest BCUT2D eigenvalue weighted by Gasteiger charge is -2.36. The quantitative estimate of drug-likeness (QED) is 0.219. The van der Waals surface area contributed by atoms with Gasteiger partial charge in [-0.05, 0) is 89.1 Å². The summed E-state index contributed by atoms with van der Waals surface area (Å²) in [6.45, 7) is 12.9. The van der Waals surface area contributed by atoms with E-state index < -0.39 is 5.60 Å². The van der Waals surface area contributed by atoms with Crippen LogP contribution in [-0.2, 0) is 4.79 Å². The fourth-order valence-corrected chi connectivity index (χ4v) is 4.29. The molecular formula is C32H44Cl2N2O3. The van der Waals surface area contributed by atoms with Gasteiger partial charge in [-0.3, -0.25) is 9.59 Å². The molecule has 7 heteroatoms. The van der Waals surface area contributed by atoms with Crippen molar-refractivity contribution in [1.29, 1.82) is 0 Å². The number of hydrogen-bond acceptors (Lipinski definition) is 4. The number of carbonyl (C=O) groups is 2. The summed E-state index contributed by atoms with van der Waals surface area (Å²) < 4.78 is 5.91. The summed E-state index contributed by atoms with van der Waals surface area (Å²) in [6.07, 6.45) is 7.74. The molecule has 0 heterocycles. The van der Waals surface area contributed by atoms with Gasteiger partial charge in [-0.25, -0.2) is 0 Å². The van der Waals surface area contributed by atoms with Crippen LogP contribution in [-0.4, -0.2) is 23.3 Å². The average molecular weight is 576 g/mol. The Morgan fingerprint density at radius 2 is 1.79 bits per heavy atom. The fourth-order valence-electron chi connectivity index (χ4n) is 3.84. The molecule has 1 aliphatic carbocycles. The smallest absolute Gasteiger partial charge is 0.263 e. The minimum Gasteiger partial charge on any atom is -0.476 e. The summed E-state index contributed by atoms with van der Waals surface area (Å²) in [5.41, 5.74) is 7.76. The Balaban J connectivity index is 0.000000492. The topological polar surface area (TPSA) is 81.4 Å². The van der Waals surface area contributed by atoms with E-state index in [9.17, 15) is 9.59 Å². The normalized spacial score (nSPS) is 14.1. The van der Waals surface area contributed by atoms with Gasteiger partial charge in [-0.15, -0.1) is 0 Å². The maximum absolute atomic E-state index is 12.9. The number of allylic oxidation sites excluding steroid dienone is 1. The zero-order valence-corrected chi connectivity index (χ0v) is 24.6. The summed E-state index contributed by atoms with van der Waals surface area (Å²) in [4.78, 5) is 23.8. The number of benzene rings is 2. The molecule has 1 fully saturated rings. The van der Waals surface area contributed by atoms with Crippen molar-refractivity contribution in [2.75, 3.05) is 0 Å². The molecule has 0 bridgehead atoms. The van der Waals surface area contributed by atoms with Crippen LogP contribution >= 0.6 is 23.2 Å². The molecule has 214 valence electrons. The summed E-state index contributed by atoms with van der Waals surface area (Å²) >= 11 is 12.1. The zero-order chi connectivity index (χ0) is 28.5. The van der Waals surface area contributed by atoms with Gasteiger partial charge in [0.15, 0.2) is 11.4 Å². The fraction of sp³-hybridized carbons (Fsp3) is 0.438. The second kappa shape index (κ2) is 15.7. The number of Topliss-reactive ketones (excluding diaryl/α,β-unsaturated/α-hetero) is 1. The molecule has 0 aliphatic heterocycles. The van der Waals surface area contributed by atoms with Crippen LogP contribution in [0, 0.1) is 5.92 Å². The van der Waals surface area contributed by atoms with Crippen LogP contribution in [0.25, 0.3) is 5.70 Å². The van der Waals surface area contributed by atoms with Crippen molar-refractivity contribution in [3.8, 4) is 5.75 Å². The van der Waals surface area contributed by atoms with Crippen molar-refractivity contribution in [2.24, 2.45) is 11.7 Å². The highest BCUT2D eigenvalue weighted by molar-refractivity contribution is 6.35. The second-order valence-electron chi connectivity index (χ2n) is 10.3. The van der Waals surface area contributed by atoms with E-state index in [1.165, 1.54) is 31.8 Å². The first-order chi connectivity index (χ1) is 17.8. The minimum absolute atomic E-state index is 0. The van der Waals surface area contributed by atoms with Crippen LogP contribution in [0.2, 0.25) is 10.0 Å². The third kappa shape index (κ3) is 10.7. The minimum atomic E-state index is -1.02. The van der Waals surface area contributed by atoms with Gasteiger partial charge in [0.25, 0.3) is 5.91 Å². The first-order valence-electron chi connectivity index (χ1n) is 13.0. The molecule has 1 unspecified atom stereocenters. The van der Waals surface area contributed by atoms with Crippen LogP contribution < -0.4 is 15.8 Å². The van der Waals surface area contributed by atoms with Gasteiger partial charge in [-0.2, -0.15) is 0 Å². The molecule has 2 aromatic rings. The van der Waals surface area contributed by atoms with Crippen molar-refractivity contribution in [3.63, 3.8) is 0 Å². The maximum Gasteiger partial charge on any atom is 0.263 e. The van der Waals surface area contributed by atoms with E-state index >= 15 is 0 Å². The molecule has 1 amide bonds. The van der Waals surface area contributed by atoms with Crippen molar-refractivity contribution in [3.05, 3.63) is 81.9 Å². The van der Waals surface area contributed by atoms with E-state index in [-0.39, 0.29) is 25.2 Å². The Kier molecular flexibility index (Phi) is 13.8. The number of rotatable bonds is 10. The number of nitrogens with two attached hydrogens (primary N) is 1. The Bertz CT molecular complexity index is 1140. The molecule has 3 rings (SSSR count). The van der Waals surface area contributed by atoms with Crippen molar-refractivity contribution >= 4 is 40.6 Å². The van der Waals surface area contributed by atoms with Crippen molar-refractivity contribution < 1.29 is 14.3 Å². The molecule has 0 aromatic heterocycles. The third-order valence-electron chi connectivity index (χ3n) is 6.76. The number of hydrogen-bond donors (Lipinski definition) is 2. The van der Waals surface area contributed by atoms with Gasteiger partial charge in [-0.1, -0.05) is 80.4 Å². The standard InChI is InChI=1S/C21H29Cl2NO2.C10H11NO.CH4/c1-5-14(2)9-11-18(15-7-6-8-15)24-20(25)21(3,4)26-19-12-10-16(22)13-17(19)23;1-7(11)9-4-3-5-10(6-9)8(2)12;/h9-10,12-13,15,18H,5-8,11H2,1-4H3,(H,24,25);3-6H,1,11H2,2H3;1H4/b14-9+;;. The summed E-state index contributed by atoms with van der Waals surface area (Å²) in [5, 5.41) is 4.15. The van der Waals surface area contributed by atoms with Gasteiger partial charge in [0.2, 0.25) is 0 Å². The van der Waals surface area contributed by atoms with Crippen LogP contribution in [0.15, 0.2) is 60.7 Å². The van der Waals surface area contributed by atoms with E-state index in [1.807, 2.05) is 6.07 Å². The molecule has 0 radical (unpaired) electrons. The Labute approximate surface area is 244 Å². The number of ether oxygens (including phenoxy) is 1. The summed E-state index contributed by atoms with van der Waals surface area (Å²) in [7, 11) is 0. The molecule has 1 aliphatic rings. The molecule has 2 aromatic carbocycles. The summed E-state index contributed by atoms with van der Waals surface area (Å²) in [6, 6.07) is 12.3. The monoisotopic (exact) mass is 574 g/mol. The molecule has 1 saturated carbocycles. The lowest BCUT2D eigenvalue weighted by molar-refractivity contribution is -0.135. The maximum atomic E-state index is 12.9. The largest absolute Gasteiger partial charge is 0.476 e. The first kappa shape index (κ1) is 34.3.